The zero-order chi connectivity index (χ0) is 20.2. The average Bonchev–Trinajstić information content (AvgIpc) is 3.26. The number of anilines is 1. The van der Waals surface area contributed by atoms with Gasteiger partial charge >= 0.3 is 0 Å². The molecular weight excluding hydrogens is 386 g/mol. The van der Waals surface area contributed by atoms with Gasteiger partial charge in [-0.2, -0.15) is 0 Å². The second-order valence-corrected chi connectivity index (χ2v) is 7.88. The number of piperidine rings is 1. The Morgan fingerprint density at radius 1 is 1.21 bits per heavy atom. The maximum atomic E-state index is 13.4. The van der Waals surface area contributed by atoms with E-state index in [2.05, 4.69) is 10.3 Å². The molecule has 0 unspecified atom stereocenters. The van der Waals surface area contributed by atoms with Crippen LogP contribution < -0.4 is 10.1 Å². The summed E-state index contributed by atoms with van der Waals surface area (Å²) in [6.45, 7) is 3.50. The number of hydrogen-bond donors (Lipinski definition) is 1. The van der Waals surface area contributed by atoms with Crippen molar-refractivity contribution in [2.45, 2.75) is 19.8 Å². The summed E-state index contributed by atoms with van der Waals surface area (Å²) >= 11 is 1.40. The highest BCUT2D eigenvalue weighted by Gasteiger charge is 2.30. The van der Waals surface area contributed by atoms with Gasteiger partial charge in [-0.05, 0) is 36.6 Å². The molecule has 1 aromatic heterocycles. The van der Waals surface area contributed by atoms with E-state index in [0.717, 1.165) is 10.8 Å². The molecule has 0 bridgehead atoms. The number of thiazole rings is 1. The lowest BCUT2D eigenvalue weighted by molar-refractivity contribution is -0.121. The number of carbonyl (C=O) groups is 2. The molecule has 4 rings (SSSR count). The van der Waals surface area contributed by atoms with Crippen molar-refractivity contribution in [2.75, 3.05) is 25.0 Å². The molecule has 1 fully saturated rings. The Kier molecular flexibility index (Phi) is 5.76. The SMILES string of the molecule is CCOc1ccc2ccccc2c1C(=O)N1CCC(C(=O)Nc2nccs2)CC1. The minimum absolute atomic E-state index is 0.0211. The van der Waals surface area contributed by atoms with Crippen LogP contribution in [0.3, 0.4) is 0 Å². The highest BCUT2D eigenvalue weighted by molar-refractivity contribution is 7.13. The Morgan fingerprint density at radius 2 is 2.00 bits per heavy atom. The van der Waals surface area contributed by atoms with Gasteiger partial charge in [0.15, 0.2) is 5.13 Å². The van der Waals surface area contributed by atoms with Gasteiger partial charge in [-0.15, -0.1) is 11.3 Å². The van der Waals surface area contributed by atoms with Gasteiger partial charge in [0.05, 0.1) is 12.2 Å². The van der Waals surface area contributed by atoms with Crippen molar-refractivity contribution in [3.8, 4) is 5.75 Å². The number of nitrogens with zero attached hydrogens (tertiary/aromatic N) is 2. The first kappa shape index (κ1) is 19.4. The van der Waals surface area contributed by atoms with Gasteiger partial charge in [0.2, 0.25) is 5.91 Å². The van der Waals surface area contributed by atoms with Gasteiger partial charge < -0.3 is 15.0 Å². The molecule has 0 spiro atoms. The zero-order valence-electron chi connectivity index (χ0n) is 16.3. The molecule has 2 aromatic carbocycles. The van der Waals surface area contributed by atoms with Gasteiger partial charge in [-0.3, -0.25) is 9.59 Å². The van der Waals surface area contributed by atoms with E-state index < -0.39 is 0 Å². The minimum atomic E-state index is -0.109. The number of rotatable bonds is 5. The predicted octanol–water partition coefficient (Wildman–Crippen LogP) is 4.19. The highest BCUT2D eigenvalue weighted by Crippen LogP contribution is 2.31. The molecule has 2 amide bonds. The Balaban J connectivity index is 1.50. The van der Waals surface area contributed by atoms with Crippen molar-refractivity contribution < 1.29 is 14.3 Å². The number of likely N-dealkylation sites (tertiary alicyclic amines) is 1. The van der Waals surface area contributed by atoms with E-state index >= 15 is 0 Å². The molecule has 6 nitrogen and oxygen atoms in total. The molecular formula is C22H23N3O3S. The van der Waals surface area contributed by atoms with E-state index in [9.17, 15) is 9.59 Å². The summed E-state index contributed by atoms with van der Waals surface area (Å²) in [5.74, 6) is 0.443. The summed E-state index contributed by atoms with van der Waals surface area (Å²) in [6, 6.07) is 11.7. The zero-order valence-corrected chi connectivity index (χ0v) is 17.1. The van der Waals surface area contributed by atoms with Gasteiger partial charge in [0.1, 0.15) is 5.75 Å². The third-order valence-corrected chi connectivity index (χ3v) is 5.91. The number of hydrogen-bond acceptors (Lipinski definition) is 5. The van der Waals surface area contributed by atoms with Crippen LogP contribution in [0.15, 0.2) is 48.0 Å². The van der Waals surface area contributed by atoms with Crippen molar-refractivity contribution in [3.05, 3.63) is 53.5 Å². The van der Waals surface area contributed by atoms with Gasteiger partial charge in [-0.25, -0.2) is 4.98 Å². The molecule has 29 heavy (non-hydrogen) atoms. The maximum Gasteiger partial charge on any atom is 0.258 e. The van der Waals surface area contributed by atoms with Gasteiger partial charge in [-0.1, -0.05) is 30.3 Å². The first-order chi connectivity index (χ1) is 14.2. The topological polar surface area (TPSA) is 71.5 Å². The van der Waals surface area contributed by atoms with Crippen molar-refractivity contribution in [2.24, 2.45) is 5.92 Å². The highest BCUT2D eigenvalue weighted by atomic mass is 32.1. The molecule has 1 aliphatic heterocycles. The summed E-state index contributed by atoms with van der Waals surface area (Å²) in [4.78, 5) is 31.8. The summed E-state index contributed by atoms with van der Waals surface area (Å²) in [5, 5.41) is 7.22. The number of amides is 2. The largest absolute Gasteiger partial charge is 0.493 e. The van der Waals surface area contributed by atoms with Gasteiger partial charge in [0, 0.05) is 30.6 Å². The summed E-state index contributed by atoms with van der Waals surface area (Å²) in [5.41, 5.74) is 0.607. The standard InChI is InChI=1S/C22H23N3O3S/c1-2-28-18-8-7-15-5-3-4-6-17(15)19(18)21(27)25-12-9-16(10-13-25)20(26)24-22-23-11-14-29-22/h3-8,11,14,16H,2,9-10,12-13H2,1H3,(H,23,24,26). The fourth-order valence-corrected chi connectivity index (χ4v) is 4.28. The van der Waals surface area contributed by atoms with E-state index in [1.165, 1.54) is 11.3 Å². The molecule has 0 aliphatic carbocycles. The molecule has 1 N–H and O–H groups in total. The molecule has 0 saturated carbocycles. The van der Waals surface area contributed by atoms with Crippen molar-refractivity contribution >= 4 is 39.1 Å². The van der Waals surface area contributed by atoms with E-state index in [4.69, 9.17) is 4.74 Å². The van der Waals surface area contributed by atoms with Crippen molar-refractivity contribution in [1.29, 1.82) is 0 Å². The summed E-state index contributed by atoms with van der Waals surface area (Å²) in [6.07, 6.45) is 2.94. The second-order valence-electron chi connectivity index (χ2n) is 6.99. The molecule has 3 aromatic rings. The lowest BCUT2D eigenvalue weighted by Crippen LogP contribution is -2.41. The number of carbonyl (C=O) groups excluding carboxylic acids is 2. The number of benzene rings is 2. The van der Waals surface area contributed by atoms with E-state index in [-0.39, 0.29) is 17.7 Å². The first-order valence-corrected chi connectivity index (χ1v) is 10.7. The van der Waals surface area contributed by atoms with Crippen LogP contribution >= 0.6 is 11.3 Å². The molecule has 0 radical (unpaired) electrons. The van der Waals surface area contributed by atoms with E-state index in [0.29, 0.717) is 49.0 Å². The Labute approximate surface area is 173 Å². The van der Waals surface area contributed by atoms with Crippen LogP contribution in [-0.2, 0) is 4.79 Å². The predicted molar refractivity (Wildman–Crippen MR) is 114 cm³/mol. The average molecular weight is 410 g/mol. The van der Waals surface area contributed by atoms with Crippen molar-refractivity contribution in [1.82, 2.24) is 9.88 Å². The lowest BCUT2D eigenvalue weighted by atomic mass is 9.94. The smallest absolute Gasteiger partial charge is 0.258 e. The maximum absolute atomic E-state index is 13.4. The van der Waals surface area contributed by atoms with Crippen LogP contribution in [0.25, 0.3) is 10.8 Å². The van der Waals surface area contributed by atoms with Crippen LogP contribution in [0, 0.1) is 5.92 Å². The number of nitrogens with one attached hydrogen (secondary N) is 1. The first-order valence-electron chi connectivity index (χ1n) is 9.81. The Bertz CT molecular complexity index is 1010. The monoisotopic (exact) mass is 409 g/mol. The van der Waals surface area contributed by atoms with Gasteiger partial charge in [0.25, 0.3) is 5.91 Å². The number of ether oxygens (including phenoxy) is 1. The molecule has 0 atom stereocenters. The lowest BCUT2D eigenvalue weighted by Gasteiger charge is -2.32. The quantitative estimate of drug-likeness (QED) is 0.686. The van der Waals surface area contributed by atoms with Crippen LogP contribution in [0.5, 0.6) is 5.75 Å². The molecule has 150 valence electrons. The van der Waals surface area contributed by atoms with Crippen LogP contribution in [-0.4, -0.2) is 41.4 Å². The van der Waals surface area contributed by atoms with Crippen LogP contribution in [0.1, 0.15) is 30.1 Å². The number of aromatic nitrogens is 1. The summed E-state index contributed by atoms with van der Waals surface area (Å²) < 4.78 is 5.76. The molecule has 7 heteroatoms. The number of fused-ring (bicyclic) bond motifs is 1. The normalized spacial score (nSPS) is 14.7. The minimum Gasteiger partial charge on any atom is -0.493 e. The van der Waals surface area contributed by atoms with Crippen molar-refractivity contribution in [3.63, 3.8) is 0 Å². The Hall–Kier alpha value is -2.93. The molecule has 1 aliphatic rings. The molecule has 2 heterocycles. The van der Waals surface area contributed by atoms with E-state index in [1.807, 2.05) is 53.6 Å². The van der Waals surface area contributed by atoms with Crippen LogP contribution in [0.4, 0.5) is 5.13 Å². The fourth-order valence-electron chi connectivity index (χ4n) is 3.74. The van der Waals surface area contributed by atoms with E-state index in [1.54, 1.807) is 6.20 Å². The third kappa shape index (κ3) is 4.10. The third-order valence-electron chi connectivity index (χ3n) is 5.22. The summed E-state index contributed by atoms with van der Waals surface area (Å²) in [7, 11) is 0. The van der Waals surface area contributed by atoms with Crippen LogP contribution in [0.2, 0.25) is 0 Å². The molecule has 1 saturated heterocycles. The fraction of sp³-hybridized carbons (Fsp3) is 0.318. The second kappa shape index (κ2) is 8.61. The Morgan fingerprint density at radius 3 is 2.72 bits per heavy atom.